The third kappa shape index (κ3) is 3.42. The number of aromatic nitrogens is 1. The van der Waals surface area contributed by atoms with Crippen molar-refractivity contribution in [2.45, 2.75) is 12.6 Å². The van der Waals surface area contributed by atoms with Crippen LogP contribution in [0.25, 0.3) is 10.9 Å². The Labute approximate surface area is 138 Å². The van der Waals surface area contributed by atoms with Crippen molar-refractivity contribution in [3.63, 3.8) is 0 Å². The third-order valence-electron chi connectivity index (χ3n) is 3.07. The lowest BCUT2D eigenvalue weighted by molar-refractivity contribution is 0.0558. The molecule has 0 radical (unpaired) electrons. The van der Waals surface area contributed by atoms with E-state index in [0.29, 0.717) is 16.8 Å². The van der Waals surface area contributed by atoms with E-state index >= 15 is 0 Å². The van der Waals surface area contributed by atoms with Crippen molar-refractivity contribution in [1.29, 1.82) is 0 Å². The molecule has 1 aromatic carbocycles. The molecule has 124 valence electrons. The van der Waals surface area contributed by atoms with Gasteiger partial charge in [-0.3, -0.25) is 4.57 Å². The van der Waals surface area contributed by atoms with Gasteiger partial charge < -0.3 is 14.6 Å². The largest absolute Gasteiger partial charge is 0.399 e. The Bertz CT molecular complexity index is 838. The molecular formula is C13H12BrF2N2O4P. The van der Waals surface area contributed by atoms with Crippen molar-refractivity contribution < 1.29 is 28.0 Å². The van der Waals surface area contributed by atoms with Crippen LogP contribution in [0.2, 0.25) is 0 Å². The molecule has 10 heteroatoms. The highest BCUT2D eigenvalue weighted by molar-refractivity contribution is 9.10. The number of oxime groups is 1. The van der Waals surface area contributed by atoms with Crippen LogP contribution in [-0.2, 0) is 15.1 Å². The Kier molecular flexibility index (Phi) is 4.86. The maximum atomic E-state index is 14.0. The van der Waals surface area contributed by atoms with E-state index in [1.165, 1.54) is 13.2 Å². The molecule has 0 bridgehead atoms. The summed E-state index contributed by atoms with van der Waals surface area (Å²) >= 11 is 2.92. The van der Waals surface area contributed by atoms with Crippen molar-refractivity contribution in [3.05, 3.63) is 40.0 Å². The van der Waals surface area contributed by atoms with E-state index in [2.05, 4.69) is 30.9 Å². The summed E-state index contributed by atoms with van der Waals surface area (Å²) in [6.07, 6.45) is 0. The molecule has 0 aliphatic heterocycles. The normalized spacial score (nSPS) is 13.4. The fraction of sp³-hybridized carbons (Fsp3) is 0.231. The minimum atomic E-state index is -5.67. The van der Waals surface area contributed by atoms with Crippen LogP contribution in [0.5, 0.6) is 0 Å². The molecule has 1 heterocycles. The topological polar surface area (TPSA) is 92.0 Å². The summed E-state index contributed by atoms with van der Waals surface area (Å²) in [6, 6.07) is 5.54. The molecule has 0 saturated carbocycles. The number of hydrogen-bond acceptors (Lipinski definition) is 4. The highest BCUT2D eigenvalue weighted by Gasteiger charge is 2.51. The second-order valence-corrected chi connectivity index (χ2v) is 7.17. The van der Waals surface area contributed by atoms with Gasteiger partial charge in [0.15, 0.2) is 0 Å². The fourth-order valence-corrected chi connectivity index (χ4v) is 3.18. The van der Waals surface area contributed by atoms with Crippen LogP contribution in [0, 0.1) is 0 Å². The van der Waals surface area contributed by atoms with E-state index in [1.54, 1.807) is 19.1 Å². The Balaban J connectivity index is 2.68. The first kappa shape index (κ1) is 17.9. The molecule has 0 atom stereocenters. The third-order valence-corrected chi connectivity index (χ3v) is 4.70. The van der Waals surface area contributed by atoms with Gasteiger partial charge in [-0.15, -0.1) is 0 Å². The number of alkyl halides is 2. The number of benzene rings is 1. The van der Waals surface area contributed by atoms with Crippen LogP contribution < -0.4 is 0 Å². The van der Waals surface area contributed by atoms with E-state index in [9.17, 15) is 13.3 Å². The Morgan fingerprint density at radius 3 is 2.61 bits per heavy atom. The molecule has 23 heavy (non-hydrogen) atoms. The summed E-state index contributed by atoms with van der Waals surface area (Å²) in [7, 11) is -4.31. The van der Waals surface area contributed by atoms with E-state index in [1.807, 2.05) is 0 Å². The van der Waals surface area contributed by atoms with Gasteiger partial charge in [0.2, 0.25) is 0 Å². The van der Waals surface area contributed by atoms with Crippen LogP contribution in [0.1, 0.15) is 18.2 Å². The van der Waals surface area contributed by atoms with Crippen molar-refractivity contribution in [2.75, 3.05) is 7.11 Å². The minimum Gasteiger partial charge on any atom is -0.399 e. The molecule has 1 aromatic heterocycles. The summed E-state index contributed by atoms with van der Waals surface area (Å²) in [5.41, 5.74) is -4.18. The molecule has 0 aliphatic rings. The van der Waals surface area contributed by atoms with Gasteiger partial charge in [-0.05, 0) is 25.1 Å². The van der Waals surface area contributed by atoms with Gasteiger partial charge in [-0.25, -0.2) is 4.98 Å². The highest BCUT2D eigenvalue weighted by atomic mass is 79.9. The quantitative estimate of drug-likeness (QED) is 0.458. The first-order valence-corrected chi connectivity index (χ1v) is 8.61. The molecule has 0 aliphatic carbocycles. The number of nitrogens with zero attached hydrogens (tertiary/aromatic N) is 2. The lowest BCUT2D eigenvalue weighted by Crippen LogP contribution is -2.14. The van der Waals surface area contributed by atoms with Crippen molar-refractivity contribution in [3.8, 4) is 0 Å². The highest BCUT2D eigenvalue weighted by Crippen LogP contribution is 2.60. The average molecular weight is 409 g/mol. The van der Waals surface area contributed by atoms with Gasteiger partial charge >= 0.3 is 13.3 Å². The Morgan fingerprint density at radius 2 is 2.04 bits per heavy atom. The number of fused-ring (bicyclic) bond motifs is 1. The summed E-state index contributed by atoms with van der Waals surface area (Å²) < 4.78 is 38.9. The van der Waals surface area contributed by atoms with Crippen LogP contribution in [0.15, 0.2) is 33.9 Å². The molecular weight excluding hydrogens is 397 g/mol. The zero-order valence-electron chi connectivity index (χ0n) is 12.0. The first-order valence-electron chi connectivity index (χ1n) is 6.20. The zero-order chi connectivity index (χ0) is 17.4. The number of rotatable bonds is 4. The Hall–Kier alpha value is -1.41. The summed E-state index contributed by atoms with van der Waals surface area (Å²) in [5, 5.41) is 4.23. The molecule has 0 saturated heterocycles. The maximum absolute atomic E-state index is 14.0. The van der Waals surface area contributed by atoms with Crippen LogP contribution in [0.3, 0.4) is 0 Å². The minimum absolute atomic E-state index is 0.116. The number of pyridine rings is 1. The molecule has 0 unspecified atom stereocenters. The van der Waals surface area contributed by atoms with Gasteiger partial charge in [0.25, 0.3) is 0 Å². The molecule has 0 amide bonds. The average Bonchev–Trinajstić information content (AvgIpc) is 2.45. The molecule has 0 fully saturated rings. The second kappa shape index (κ2) is 6.24. The fourth-order valence-electron chi connectivity index (χ4n) is 1.92. The summed E-state index contributed by atoms with van der Waals surface area (Å²) in [5.74, 6) is 0. The standard InChI is InChI=1S/C13H12BrF2N2O4P/c1-7(18-22-2)11-4-3-8-5-10(14)9(6-12(8)17-11)13(15,16)23(19,20)21/h3-6H,1-2H3,(H2,19,20,21)/b18-7-. The monoisotopic (exact) mass is 408 g/mol. The maximum Gasteiger partial charge on any atom is 0.399 e. The van der Waals surface area contributed by atoms with Gasteiger partial charge in [-0.1, -0.05) is 27.2 Å². The molecule has 2 N–H and O–H groups in total. The summed E-state index contributed by atoms with van der Waals surface area (Å²) in [4.78, 5) is 26.6. The molecule has 2 rings (SSSR count). The van der Waals surface area contributed by atoms with Gasteiger partial charge in [0, 0.05) is 15.4 Å². The van der Waals surface area contributed by atoms with Crippen LogP contribution in [0.4, 0.5) is 8.78 Å². The molecule has 0 spiro atoms. The van der Waals surface area contributed by atoms with Gasteiger partial charge in [0.05, 0.1) is 11.2 Å². The number of halogens is 3. The second-order valence-electron chi connectivity index (χ2n) is 4.67. The lowest BCUT2D eigenvalue weighted by atomic mass is 10.1. The first-order chi connectivity index (χ1) is 10.6. The smallest absolute Gasteiger partial charge is 0.399 e. The zero-order valence-corrected chi connectivity index (χ0v) is 14.5. The predicted molar refractivity (Wildman–Crippen MR) is 84.6 cm³/mol. The summed E-state index contributed by atoms with van der Waals surface area (Å²) in [6.45, 7) is 1.63. The van der Waals surface area contributed by atoms with Crippen LogP contribution in [-0.4, -0.2) is 27.6 Å². The number of hydrogen-bond donors (Lipinski definition) is 2. The van der Waals surface area contributed by atoms with Gasteiger partial charge in [0.1, 0.15) is 12.8 Å². The van der Waals surface area contributed by atoms with Crippen molar-refractivity contribution in [2.24, 2.45) is 5.16 Å². The van der Waals surface area contributed by atoms with E-state index in [4.69, 9.17) is 9.79 Å². The van der Waals surface area contributed by atoms with Crippen molar-refractivity contribution >= 4 is 40.1 Å². The van der Waals surface area contributed by atoms with E-state index in [-0.39, 0.29) is 9.99 Å². The SMILES string of the molecule is CO/N=C(/C)c1ccc2cc(Br)c(C(F)(F)P(=O)(O)O)cc2n1. The predicted octanol–water partition coefficient (Wildman–Crippen LogP) is 3.59. The van der Waals surface area contributed by atoms with Gasteiger partial charge in [-0.2, -0.15) is 8.78 Å². The van der Waals surface area contributed by atoms with Crippen molar-refractivity contribution in [1.82, 2.24) is 4.98 Å². The molecule has 6 nitrogen and oxygen atoms in total. The Morgan fingerprint density at radius 1 is 1.39 bits per heavy atom. The van der Waals surface area contributed by atoms with E-state index < -0.39 is 18.8 Å². The van der Waals surface area contributed by atoms with Crippen LogP contribution >= 0.6 is 23.5 Å². The van der Waals surface area contributed by atoms with E-state index in [0.717, 1.165) is 6.07 Å². The molecule has 2 aromatic rings. The lowest BCUT2D eigenvalue weighted by Gasteiger charge is -2.19.